The summed E-state index contributed by atoms with van der Waals surface area (Å²) in [7, 11) is 0. The molecule has 0 atom stereocenters. The zero-order valence-electron chi connectivity index (χ0n) is 12.1. The zero-order chi connectivity index (χ0) is 16.7. The van der Waals surface area contributed by atoms with Crippen LogP contribution in [-0.4, -0.2) is 23.5 Å². The quantitative estimate of drug-likeness (QED) is 0.655. The highest BCUT2D eigenvalue weighted by molar-refractivity contribution is 6.06. The predicted molar refractivity (Wildman–Crippen MR) is 84.1 cm³/mol. The lowest BCUT2D eigenvalue weighted by molar-refractivity contribution is -0.139. The van der Waals surface area contributed by atoms with E-state index in [4.69, 9.17) is 15.1 Å². The van der Waals surface area contributed by atoms with Crippen LogP contribution in [0, 0.1) is 11.3 Å². The van der Waals surface area contributed by atoms with Gasteiger partial charge in [0.2, 0.25) is 0 Å². The standard InChI is InChI=1S/C18H13NO4/c19-11-14-1-6-15(7-2-14)17(20)10-5-13-3-8-16(9-4-13)23-12-18(21)22/h1-10H,12H2,(H,21,22). The largest absolute Gasteiger partial charge is 0.482 e. The van der Waals surface area contributed by atoms with Crippen molar-refractivity contribution in [3.8, 4) is 11.8 Å². The molecular formula is C18H13NO4. The molecule has 0 radical (unpaired) electrons. The molecule has 0 amide bonds. The number of nitrogens with zero attached hydrogens (tertiary/aromatic N) is 1. The summed E-state index contributed by atoms with van der Waals surface area (Å²) >= 11 is 0. The number of carbonyl (C=O) groups excluding carboxylic acids is 1. The summed E-state index contributed by atoms with van der Waals surface area (Å²) in [5, 5.41) is 17.2. The Hall–Kier alpha value is -3.39. The number of ether oxygens (including phenoxy) is 1. The molecule has 2 aromatic rings. The second kappa shape index (κ2) is 7.57. The van der Waals surface area contributed by atoms with E-state index in [1.807, 2.05) is 6.07 Å². The first-order chi connectivity index (χ1) is 11.1. The molecule has 0 aromatic heterocycles. The van der Waals surface area contributed by atoms with Crippen molar-refractivity contribution in [2.45, 2.75) is 0 Å². The summed E-state index contributed by atoms with van der Waals surface area (Å²) in [5.41, 5.74) is 1.79. The second-order valence-electron chi connectivity index (χ2n) is 4.64. The molecular weight excluding hydrogens is 294 g/mol. The first kappa shape index (κ1) is 16.0. The van der Waals surface area contributed by atoms with Crippen molar-refractivity contribution in [1.29, 1.82) is 5.26 Å². The molecule has 0 aliphatic carbocycles. The molecule has 23 heavy (non-hydrogen) atoms. The molecule has 1 N–H and O–H groups in total. The zero-order valence-corrected chi connectivity index (χ0v) is 12.1. The van der Waals surface area contributed by atoms with Gasteiger partial charge in [0.25, 0.3) is 0 Å². The van der Waals surface area contributed by atoms with Gasteiger partial charge in [-0.3, -0.25) is 4.79 Å². The van der Waals surface area contributed by atoms with Gasteiger partial charge in [0.05, 0.1) is 11.6 Å². The molecule has 5 nitrogen and oxygen atoms in total. The molecule has 0 spiro atoms. The molecule has 0 fully saturated rings. The van der Waals surface area contributed by atoms with Crippen LogP contribution in [0.4, 0.5) is 0 Å². The first-order valence-electron chi connectivity index (χ1n) is 6.76. The average Bonchev–Trinajstić information content (AvgIpc) is 2.58. The molecule has 0 bridgehead atoms. The number of allylic oxidation sites excluding steroid dienone is 1. The molecule has 0 heterocycles. The molecule has 2 aromatic carbocycles. The highest BCUT2D eigenvalue weighted by Crippen LogP contribution is 2.14. The Morgan fingerprint density at radius 1 is 1.09 bits per heavy atom. The molecule has 0 aliphatic heterocycles. The van der Waals surface area contributed by atoms with Crippen molar-refractivity contribution in [1.82, 2.24) is 0 Å². The summed E-state index contributed by atoms with van der Waals surface area (Å²) in [6, 6.07) is 15.1. The van der Waals surface area contributed by atoms with Crippen molar-refractivity contribution >= 4 is 17.8 Å². The van der Waals surface area contributed by atoms with Gasteiger partial charge in [0, 0.05) is 5.56 Å². The monoisotopic (exact) mass is 307 g/mol. The van der Waals surface area contributed by atoms with E-state index in [-0.39, 0.29) is 5.78 Å². The third-order valence-electron chi connectivity index (χ3n) is 2.97. The van der Waals surface area contributed by atoms with Crippen LogP contribution in [0.5, 0.6) is 5.75 Å². The van der Waals surface area contributed by atoms with Gasteiger partial charge >= 0.3 is 5.97 Å². The maximum atomic E-state index is 12.0. The van der Waals surface area contributed by atoms with Gasteiger partial charge in [-0.05, 0) is 48.0 Å². The maximum Gasteiger partial charge on any atom is 0.341 e. The van der Waals surface area contributed by atoms with Crippen molar-refractivity contribution in [2.24, 2.45) is 0 Å². The van der Waals surface area contributed by atoms with E-state index in [0.717, 1.165) is 5.56 Å². The Kier molecular flexibility index (Phi) is 5.26. The highest BCUT2D eigenvalue weighted by atomic mass is 16.5. The van der Waals surface area contributed by atoms with Gasteiger partial charge in [-0.15, -0.1) is 0 Å². The number of hydrogen-bond acceptors (Lipinski definition) is 4. The smallest absolute Gasteiger partial charge is 0.341 e. The first-order valence-corrected chi connectivity index (χ1v) is 6.76. The number of rotatable bonds is 6. The van der Waals surface area contributed by atoms with Crippen molar-refractivity contribution in [2.75, 3.05) is 6.61 Å². The number of hydrogen-bond donors (Lipinski definition) is 1. The van der Waals surface area contributed by atoms with Crippen LogP contribution in [-0.2, 0) is 4.79 Å². The summed E-state index contributed by atoms with van der Waals surface area (Å²) in [6.45, 7) is -0.396. The number of carbonyl (C=O) groups is 2. The molecule has 0 aliphatic rings. The molecule has 5 heteroatoms. The van der Waals surface area contributed by atoms with Crippen molar-refractivity contribution in [3.05, 3.63) is 71.3 Å². The third kappa shape index (κ3) is 4.83. The Bertz CT molecular complexity index is 768. The van der Waals surface area contributed by atoms with Crippen LogP contribution in [0.25, 0.3) is 6.08 Å². The highest BCUT2D eigenvalue weighted by Gasteiger charge is 2.02. The van der Waals surface area contributed by atoms with Gasteiger partial charge in [-0.25, -0.2) is 4.79 Å². The van der Waals surface area contributed by atoms with E-state index in [9.17, 15) is 9.59 Å². The van der Waals surface area contributed by atoms with E-state index in [0.29, 0.717) is 16.9 Å². The molecule has 0 saturated heterocycles. The Labute approximate surface area is 133 Å². The minimum atomic E-state index is -1.04. The Balaban J connectivity index is 2.00. The fraction of sp³-hybridized carbons (Fsp3) is 0.0556. The van der Waals surface area contributed by atoms with Crippen LogP contribution in [0.15, 0.2) is 54.6 Å². The lowest BCUT2D eigenvalue weighted by Crippen LogP contribution is -2.09. The van der Waals surface area contributed by atoms with E-state index in [1.165, 1.54) is 6.08 Å². The number of nitriles is 1. The number of ketones is 1. The van der Waals surface area contributed by atoms with Gasteiger partial charge in [-0.1, -0.05) is 18.2 Å². The predicted octanol–water partition coefficient (Wildman–Crippen LogP) is 2.92. The number of benzene rings is 2. The minimum absolute atomic E-state index is 0.166. The van der Waals surface area contributed by atoms with Gasteiger partial charge in [0.1, 0.15) is 5.75 Å². The van der Waals surface area contributed by atoms with Gasteiger partial charge in [0.15, 0.2) is 12.4 Å². The fourth-order valence-corrected chi connectivity index (χ4v) is 1.80. The third-order valence-corrected chi connectivity index (χ3v) is 2.97. The van der Waals surface area contributed by atoms with Gasteiger partial charge < -0.3 is 9.84 Å². The van der Waals surface area contributed by atoms with E-state index in [1.54, 1.807) is 54.6 Å². The van der Waals surface area contributed by atoms with E-state index in [2.05, 4.69) is 0 Å². The molecule has 2 rings (SSSR count). The van der Waals surface area contributed by atoms with Crippen molar-refractivity contribution < 1.29 is 19.4 Å². The molecule has 114 valence electrons. The summed E-state index contributed by atoms with van der Waals surface area (Å²) in [5.74, 6) is -0.759. The number of carboxylic acids is 1. The normalized spacial score (nSPS) is 10.2. The van der Waals surface area contributed by atoms with Crippen LogP contribution < -0.4 is 4.74 Å². The lowest BCUT2D eigenvalue weighted by atomic mass is 10.1. The average molecular weight is 307 g/mol. The van der Waals surface area contributed by atoms with Gasteiger partial charge in [-0.2, -0.15) is 5.26 Å². The van der Waals surface area contributed by atoms with Crippen LogP contribution >= 0.6 is 0 Å². The number of aliphatic carboxylic acids is 1. The van der Waals surface area contributed by atoms with E-state index >= 15 is 0 Å². The summed E-state index contributed by atoms with van der Waals surface area (Å²) < 4.78 is 5.02. The van der Waals surface area contributed by atoms with Crippen LogP contribution in [0.1, 0.15) is 21.5 Å². The summed E-state index contributed by atoms with van der Waals surface area (Å²) in [6.07, 6.45) is 3.09. The fourth-order valence-electron chi connectivity index (χ4n) is 1.80. The minimum Gasteiger partial charge on any atom is -0.482 e. The topological polar surface area (TPSA) is 87.4 Å². The van der Waals surface area contributed by atoms with Crippen LogP contribution in [0.2, 0.25) is 0 Å². The van der Waals surface area contributed by atoms with Crippen LogP contribution in [0.3, 0.4) is 0 Å². The Morgan fingerprint density at radius 3 is 2.30 bits per heavy atom. The maximum absolute atomic E-state index is 12.0. The lowest BCUT2D eigenvalue weighted by Gasteiger charge is -2.02. The Morgan fingerprint density at radius 2 is 1.74 bits per heavy atom. The van der Waals surface area contributed by atoms with E-state index < -0.39 is 12.6 Å². The molecule has 0 saturated carbocycles. The number of carboxylic acid groups (broad SMARTS) is 1. The second-order valence-corrected chi connectivity index (χ2v) is 4.64. The molecule has 0 unspecified atom stereocenters. The van der Waals surface area contributed by atoms with Crippen molar-refractivity contribution in [3.63, 3.8) is 0 Å². The summed E-state index contributed by atoms with van der Waals surface area (Å²) in [4.78, 5) is 22.4. The SMILES string of the molecule is N#Cc1ccc(C(=O)C=Cc2ccc(OCC(=O)O)cc2)cc1.